The molecule has 3 heterocycles. The molecule has 25 heavy (non-hydrogen) atoms. The highest BCUT2D eigenvalue weighted by molar-refractivity contribution is 7.07. The van der Waals surface area contributed by atoms with Gasteiger partial charge in [-0.15, -0.1) is 0 Å². The van der Waals surface area contributed by atoms with Gasteiger partial charge in [0.2, 0.25) is 5.91 Å². The monoisotopic (exact) mass is 361 g/mol. The molecule has 0 bridgehead atoms. The smallest absolute Gasteiger partial charge is 0.236 e. The van der Waals surface area contributed by atoms with E-state index < -0.39 is 0 Å². The summed E-state index contributed by atoms with van der Waals surface area (Å²) >= 11 is 1.76. The van der Waals surface area contributed by atoms with Crippen LogP contribution in [0.4, 0.5) is 0 Å². The summed E-state index contributed by atoms with van der Waals surface area (Å²) in [5.74, 6) is 1.12. The predicted octanol–water partition coefficient (Wildman–Crippen LogP) is 2.95. The first-order chi connectivity index (χ1) is 12.2. The van der Waals surface area contributed by atoms with Gasteiger partial charge in [-0.1, -0.05) is 6.92 Å². The van der Waals surface area contributed by atoms with Crippen molar-refractivity contribution in [2.45, 2.75) is 51.6 Å². The largest absolute Gasteiger partial charge is 0.342 e. The van der Waals surface area contributed by atoms with E-state index in [1.54, 1.807) is 11.3 Å². The molecule has 0 unspecified atom stereocenters. The summed E-state index contributed by atoms with van der Waals surface area (Å²) in [5.41, 5.74) is 1.85. The molecule has 0 aromatic carbocycles. The van der Waals surface area contributed by atoms with Gasteiger partial charge in [0.25, 0.3) is 0 Å². The fourth-order valence-electron chi connectivity index (χ4n) is 4.73. The van der Waals surface area contributed by atoms with E-state index in [-0.39, 0.29) is 0 Å². The summed E-state index contributed by atoms with van der Waals surface area (Å²) in [7, 11) is 0. The van der Waals surface area contributed by atoms with Crippen LogP contribution in [0.3, 0.4) is 0 Å². The molecule has 5 heteroatoms. The number of amides is 1. The fraction of sp³-hybridized carbons (Fsp3) is 0.750. The van der Waals surface area contributed by atoms with E-state index in [1.165, 1.54) is 24.8 Å². The molecule has 0 radical (unpaired) electrons. The summed E-state index contributed by atoms with van der Waals surface area (Å²) in [6, 6.07) is 2.81. The number of carbonyl (C=O) groups is 1. The molecule has 2 aliphatic heterocycles. The Labute approximate surface area is 155 Å². The SMILES string of the molecule is CC1CCN(C(=O)CN(Cc2ccsc2)[C@@H]2CC23CCNCC3)CC1. The molecule has 1 atom stereocenters. The van der Waals surface area contributed by atoms with Crippen LogP contribution in [0.2, 0.25) is 0 Å². The Kier molecular flexibility index (Phi) is 5.16. The number of hydrogen-bond donors (Lipinski definition) is 1. The summed E-state index contributed by atoms with van der Waals surface area (Å²) in [6.07, 6.45) is 6.15. The lowest BCUT2D eigenvalue weighted by atomic mass is 9.93. The van der Waals surface area contributed by atoms with Crippen LogP contribution >= 0.6 is 11.3 Å². The summed E-state index contributed by atoms with van der Waals surface area (Å²) in [4.78, 5) is 17.5. The predicted molar refractivity (Wildman–Crippen MR) is 103 cm³/mol. The molecule has 1 spiro atoms. The van der Waals surface area contributed by atoms with Crippen LogP contribution < -0.4 is 5.32 Å². The van der Waals surface area contributed by atoms with E-state index in [1.807, 2.05) is 0 Å². The van der Waals surface area contributed by atoms with Gasteiger partial charge in [-0.05, 0) is 78.9 Å². The van der Waals surface area contributed by atoms with Gasteiger partial charge < -0.3 is 10.2 Å². The first-order valence-electron chi connectivity index (χ1n) is 9.90. The Bertz CT molecular complexity index is 574. The zero-order valence-corrected chi connectivity index (χ0v) is 16.2. The lowest BCUT2D eigenvalue weighted by Crippen LogP contribution is -2.45. The van der Waals surface area contributed by atoms with Gasteiger partial charge in [0.1, 0.15) is 0 Å². The van der Waals surface area contributed by atoms with Crippen LogP contribution in [0, 0.1) is 11.3 Å². The maximum Gasteiger partial charge on any atom is 0.236 e. The minimum Gasteiger partial charge on any atom is -0.342 e. The van der Waals surface area contributed by atoms with E-state index in [0.29, 0.717) is 23.9 Å². The highest BCUT2D eigenvalue weighted by atomic mass is 32.1. The number of piperidine rings is 2. The second kappa shape index (κ2) is 7.37. The van der Waals surface area contributed by atoms with Crippen LogP contribution in [0.25, 0.3) is 0 Å². The van der Waals surface area contributed by atoms with E-state index in [0.717, 1.165) is 51.5 Å². The number of nitrogens with zero attached hydrogens (tertiary/aromatic N) is 2. The Hall–Kier alpha value is -0.910. The first-order valence-corrected chi connectivity index (χ1v) is 10.8. The average molecular weight is 362 g/mol. The summed E-state index contributed by atoms with van der Waals surface area (Å²) in [6.45, 7) is 8.01. The molecule has 4 nitrogen and oxygen atoms in total. The normalized spacial score (nSPS) is 26.3. The number of nitrogens with one attached hydrogen (secondary N) is 1. The van der Waals surface area contributed by atoms with Crippen molar-refractivity contribution in [1.29, 1.82) is 0 Å². The zero-order chi connectivity index (χ0) is 17.3. The van der Waals surface area contributed by atoms with Crippen molar-refractivity contribution in [2.75, 3.05) is 32.7 Å². The van der Waals surface area contributed by atoms with Gasteiger partial charge in [-0.3, -0.25) is 9.69 Å². The summed E-state index contributed by atoms with van der Waals surface area (Å²) < 4.78 is 0. The maximum absolute atomic E-state index is 12.9. The molecule has 1 aromatic rings. The minimum absolute atomic E-state index is 0.345. The van der Waals surface area contributed by atoms with Crippen LogP contribution in [0.15, 0.2) is 16.8 Å². The van der Waals surface area contributed by atoms with Crippen LogP contribution in [-0.4, -0.2) is 54.5 Å². The average Bonchev–Trinajstić information content (AvgIpc) is 3.05. The van der Waals surface area contributed by atoms with Crippen molar-refractivity contribution in [3.05, 3.63) is 22.4 Å². The number of rotatable bonds is 5. The molecule has 1 saturated carbocycles. The third-order valence-electron chi connectivity index (χ3n) is 6.63. The van der Waals surface area contributed by atoms with E-state index in [2.05, 4.69) is 38.9 Å². The number of hydrogen-bond acceptors (Lipinski definition) is 4. The molecule has 4 rings (SSSR count). The second-order valence-electron chi connectivity index (χ2n) is 8.43. The highest BCUT2D eigenvalue weighted by Gasteiger charge is 2.56. The van der Waals surface area contributed by atoms with Crippen molar-refractivity contribution in [2.24, 2.45) is 11.3 Å². The van der Waals surface area contributed by atoms with Gasteiger partial charge >= 0.3 is 0 Å². The van der Waals surface area contributed by atoms with E-state index >= 15 is 0 Å². The van der Waals surface area contributed by atoms with Gasteiger partial charge in [0, 0.05) is 25.7 Å². The van der Waals surface area contributed by atoms with Crippen LogP contribution in [0.1, 0.15) is 44.6 Å². The summed E-state index contributed by atoms with van der Waals surface area (Å²) in [5, 5.41) is 7.87. The number of thiophene rings is 1. The highest BCUT2D eigenvalue weighted by Crippen LogP contribution is 2.56. The van der Waals surface area contributed by atoms with E-state index in [4.69, 9.17) is 0 Å². The topological polar surface area (TPSA) is 35.6 Å². The van der Waals surface area contributed by atoms with Gasteiger partial charge in [0.05, 0.1) is 6.54 Å². The molecule has 3 aliphatic rings. The Morgan fingerprint density at radius 2 is 2.12 bits per heavy atom. The van der Waals surface area contributed by atoms with Crippen molar-refractivity contribution < 1.29 is 4.79 Å². The second-order valence-corrected chi connectivity index (χ2v) is 9.21. The van der Waals surface area contributed by atoms with Gasteiger partial charge in [-0.25, -0.2) is 0 Å². The number of carbonyl (C=O) groups excluding carboxylic acids is 1. The molecule has 1 aliphatic carbocycles. The molecular weight excluding hydrogens is 330 g/mol. The third kappa shape index (κ3) is 3.93. The van der Waals surface area contributed by atoms with Crippen LogP contribution in [-0.2, 0) is 11.3 Å². The quantitative estimate of drug-likeness (QED) is 0.876. The molecule has 1 aromatic heterocycles. The van der Waals surface area contributed by atoms with Gasteiger partial charge in [0.15, 0.2) is 0 Å². The van der Waals surface area contributed by atoms with Gasteiger partial charge in [-0.2, -0.15) is 11.3 Å². The molecule has 1 N–H and O–H groups in total. The number of likely N-dealkylation sites (tertiary alicyclic amines) is 1. The Balaban J connectivity index is 1.41. The zero-order valence-electron chi connectivity index (χ0n) is 15.4. The minimum atomic E-state index is 0.345. The standard InChI is InChI=1S/C20H31N3OS/c1-16-2-9-22(10-3-16)19(24)14-23(13-17-4-11-25-15-17)18-12-20(18)5-7-21-8-6-20/h4,11,15-16,18,21H,2-3,5-10,12-14H2,1H3/t18-/m1/s1. The molecule has 3 fully saturated rings. The molecular formula is C20H31N3OS. The van der Waals surface area contributed by atoms with Crippen molar-refractivity contribution in [3.8, 4) is 0 Å². The lowest BCUT2D eigenvalue weighted by molar-refractivity contribution is -0.134. The Morgan fingerprint density at radius 1 is 1.36 bits per heavy atom. The Morgan fingerprint density at radius 3 is 2.80 bits per heavy atom. The molecule has 2 saturated heterocycles. The van der Waals surface area contributed by atoms with Crippen LogP contribution in [0.5, 0.6) is 0 Å². The maximum atomic E-state index is 12.9. The molecule has 138 valence electrons. The van der Waals surface area contributed by atoms with Crippen molar-refractivity contribution in [3.63, 3.8) is 0 Å². The van der Waals surface area contributed by atoms with E-state index in [9.17, 15) is 4.79 Å². The lowest BCUT2D eigenvalue weighted by Gasteiger charge is -2.34. The van der Waals surface area contributed by atoms with Crippen molar-refractivity contribution >= 4 is 17.2 Å². The fourth-order valence-corrected chi connectivity index (χ4v) is 5.39. The molecule has 1 amide bonds. The third-order valence-corrected chi connectivity index (χ3v) is 7.36. The van der Waals surface area contributed by atoms with Crippen molar-refractivity contribution in [1.82, 2.24) is 15.1 Å². The first kappa shape index (κ1) is 17.5.